The molecule has 0 aromatic heterocycles. The normalized spacial score (nSPS) is 15.8. The van der Waals surface area contributed by atoms with Gasteiger partial charge in [-0.2, -0.15) is 10.5 Å². The molecule has 1 atom stereocenters. The lowest BCUT2D eigenvalue weighted by Crippen LogP contribution is -2.06. The summed E-state index contributed by atoms with van der Waals surface area (Å²) in [5.41, 5.74) is 4.65. The van der Waals surface area contributed by atoms with E-state index in [-0.39, 0.29) is 6.04 Å². The standard InChI is InChI=1S/C21H16N4/c22-12-17-6-4-16(5-7-17)2-1-3-20(21-14-24-15-25-21)19-10-8-18(13-23)9-11-19/h3-11,14-15,21H,1-2H2/b20-3+. The SMILES string of the molecule is N#Cc1ccc(CC/C=C(\c2ccc(C#N)cc2)C2C=NC=N2)cc1. The highest BCUT2D eigenvalue weighted by molar-refractivity contribution is 5.94. The monoisotopic (exact) mass is 324 g/mol. The number of rotatable bonds is 5. The highest BCUT2D eigenvalue weighted by Gasteiger charge is 2.14. The molecule has 4 heteroatoms. The van der Waals surface area contributed by atoms with Crippen LogP contribution < -0.4 is 0 Å². The molecular weight excluding hydrogens is 308 g/mol. The van der Waals surface area contributed by atoms with E-state index in [2.05, 4.69) is 28.2 Å². The molecule has 0 spiro atoms. The number of nitrogens with zero attached hydrogens (tertiary/aromatic N) is 4. The maximum absolute atomic E-state index is 8.95. The molecule has 0 radical (unpaired) electrons. The predicted molar refractivity (Wildman–Crippen MR) is 99.4 cm³/mol. The van der Waals surface area contributed by atoms with Crippen molar-refractivity contribution < 1.29 is 0 Å². The van der Waals surface area contributed by atoms with Crippen LogP contribution in [0, 0.1) is 22.7 Å². The molecule has 4 nitrogen and oxygen atoms in total. The van der Waals surface area contributed by atoms with Crippen LogP contribution in [-0.2, 0) is 6.42 Å². The maximum Gasteiger partial charge on any atom is 0.112 e. The molecule has 0 bridgehead atoms. The molecule has 0 saturated carbocycles. The van der Waals surface area contributed by atoms with Crippen molar-refractivity contribution in [2.75, 3.05) is 0 Å². The van der Waals surface area contributed by atoms with Crippen molar-refractivity contribution in [1.82, 2.24) is 0 Å². The van der Waals surface area contributed by atoms with E-state index in [9.17, 15) is 0 Å². The van der Waals surface area contributed by atoms with Gasteiger partial charge in [0.05, 0.1) is 23.3 Å². The first kappa shape index (κ1) is 16.4. The van der Waals surface area contributed by atoms with Crippen LogP contribution in [0.4, 0.5) is 0 Å². The Labute approximate surface area is 147 Å². The fourth-order valence-electron chi connectivity index (χ4n) is 2.72. The molecule has 2 aromatic rings. The third kappa shape index (κ3) is 4.07. The summed E-state index contributed by atoms with van der Waals surface area (Å²) in [6.45, 7) is 0. The van der Waals surface area contributed by atoms with Crippen LogP contribution in [0.15, 0.2) is 64.6 Å². The van der Waals surface area contributed by atoms with Crippen LogP contribution in [0.25, 0.3) is 5.57 Å². The minimum atomic E-state index is -0.0751. The molecule has 25 heavy (non-hydrogen) atoms. The Kier molecular flexibility index (Phi) is 5.14. The van der Waals surface area contributed by atoms with Crippen LogP contribution in [-0.4, -0.2) is 18.6 Å². The van der Waals surface area contributed by atoms with Gasteiger partial charge < -0.3 is 0 Å². The average Bonchev–Trinajstić information content (AvgIpc) is 3.20. The summed E-state index contributed by atoms with van der Waals surface area (Å²) in [5, 5.41) is 17.8. The second-order valence-electron chi connectivity index (χ2n) is 5.70. The summed E-state index contributed by atoms with van der Waals surface area (Å²) in [6.07, 6.45) is 7.33. The fourth-order valence-corrected chi connectivity index (χ4v) is 2.72. The van der Waals surface area contributed by atoms with Crippen molar-refractivity contribution in [3.05, 3.63) is 76.9 Å². The number of allylic oxidation sites excluding steroid dienone is 1. The number of hydrogen-bond donors (Lipinski definition) is 0. The lowest BCUT2D eigenvalue weighted by Gasteiger charge is -2.11. The van der Waals surface area contributed by atoms with E-state index in [0.29, 0.717) is 11.1 Å². The Balaban J connectivity index is 1.77. The van der Waals surface area contributed by atoms with Crippen molar-refractivity contribution >= 4 is 18.1 Å². The zero-order chi connectivity index (χ0) is 17.5. The average molecular weight is 324 g/mol. The zero-order valence-corrected chi connectivity index (χ0v) is 13.6. The molecule has 3 rings (SSSR count). The van der Waals surface area contributed by atoms with Gasteiger partial charge in [-0.15, -0.1) is 0 Å². The van der Waals surface area contributed by atoms with Crippen molar-refractivity contribution in [2.45, 2.75) is 18.9 Å². The molecule has 1 aliphatic rings. The summed E-state index contributed by atoms with van der Waals surface area (Å²) in [6, 6.07) is 19.4. The number of hydrogen-bond acceptors (Lipinski definition) is 4. The molecular formula is C21H16N4. The van der Waals surface area contributed by atoms with Crippen molar-refractivity contribution in [1.29, 1.82) is 10.5 Å². The van der Waals surface area contributed by atoms with Gasteiger partial charge in [-0.05, 0) is 53.8 Å². The zero-order valence-electron chi connectivity index (χ0n) is 13.6. The van der Waals surface area contributed by atoms with Crippen molar-refractivity contribution in [3.63, 3.8) is 0 Å². The molecule has 0 saturated heterocycles. The quantitative estimate of drug-likeness (QED) is 0.836. The van der Waals surface area contributed by atoms with Gasteiger partial charge in [0.15, 0.2) is 0 Å². The summed E-state index contributed by atoms with van der Waals surface area (Å²) < 4.78 is 0. The van der Waals surface area contributed by atoms with Gasteiger partial charge in [-0.3, -0.25) is 4.99 Å². The topological polar surface area (TPSA) is 72.3 Å². The predicted octanol–water partition coefficient (Wildman–Crippen LogP) is 3.93. The summed E-state index contributed by atoms with van der Waals surface area (Å²) >= 11 is 0. The second-order valence-corrected chi connectivity index (χ2v) is 5.70. The second kappa shape index (κ2) is 7.86. The molecule has 0 amide bonds. The van der Waals surface area contributed by atoms with E-state index in [1.54, 1.807) is 6.34 Å². The van der Waals surface area contributed by atoms with Gasteiger partial charge in [0.25, 0.3) is 0 Å². The highest BCUT2D eigenvalue weighted by Crippen LogP contribution is 2.23. The van der Waals surface area contributed by atoms with Crippen LogP contribution in [0.2, 0.25) is 0 Å². The Morgan fingerprint density at radius 3 is 2.16 bits per heavy atom. The highest BCUT2D eigenvalue weighted by atomic mass is 15.0. The Morgan fingerprint density at radius 2 is 1.60 bits per heavy atom. The minimum absolute atomic E-state index is 0.0751. The third-order valence-electron chi connectivity index (χ3n) is 4.07. The van der Waals surface area contributed by atoms with Crippen LogP contribution in [0.1, 0.15) is 28.7 Å². The summed E-state index contributed by atoms with van der Waals surface area (Å²) in [7, 11) is 0. The van der Waals surface area contributed by atoms with Crippen molar-refractivity contribution in [3.8, 4) is 12.1 Å². The molecule has 1 unspecified atom stereocenters. The van der Waals surface area contributed by atoms with E-state index in [4.69, 9.17) is 10.5 Å². The smallest absolute Gasteiger partial charge is 0.112 e. The van der Waals surface area contributed by atoms with Gasteiger partial charge in [-0.1, -0.05) is 30.3 Å². The van der Waals surface area contributed by atoms with Gasteiger partial charge in [-0.25, -0.2) is 4.99 Å². The Bertz CT molecular complexity index is 892. The van der Waals surface area contributed by atoms with Crippen LogP contribution in [0.5, 0.6) is 0 Å². The molecule has 2 aromatic carbocycles. The minimum Gasteiger partial charge on any atom is -0.260 e. The van der Waals surface area contributed by atoms with Gasteiger partial charge in [0.1, 0.15) is 12.4 Å². The number of benzene rings is 2. The van der Waals surface area contributed by atoms with E-state index >= 15 is 0 Å². The van der Waals surface area contributed by atoms with E-state index in [1.807, 2.05) is 54.7 Å². The van der Waals surface area contributed by atoms with E-state index in [0.717, 1.165) is 24.0 Å². The molecule has 0 aliphatic carbocycles. The molecule has 0 fully saturated rings. The Morgan fingerprint density at radius 1 is 0.960 bits per heavy atom. The number of nitriles is 2. The first-order valence-electron chi connectivity index (χ1n) is 8.05. The first-order chi connectivity index (χ1) is 12.3. The van der Waals surface area contributed by atoms with Crippen LogP contribution >= 0.6 is 0 Å². The summed E-state index contributed by atoms with van der Waals surface area (Å²) in [4.78, 5) is 8.48. The number of aryl methyl sites for hydroxylation is 1. The third-order valence-corrected chi connectivity index (χ3v) is 4.07. The van der Waals surface area contributed by atoms with Gasteiger partial charge >= 0.3 is 0 Å². The van der Waals surface area contributed by atoms with Gasteiger partial charge in [0, 0.05) is 6.21 Å². The molecule has 120 valence electrons. The van der Waals surface area contributed by atoms with Crippen molar-refractivity contribution in [2.24, 2.45) is 9.98 Å². The lowest BCUT2D eigenvalue weighted by atomic mass is 9.96. The van der Waals surface area contributed by atoms with E-state index in [1.165, 1.54) is 5.56 Å². The molecule has 0 N–H and O–H groups in total. The summed E-state index contributed by atoms with van der Waals surface area (Å²) in [5.74, 6) is 0. The van der Waals surface area contributed by atoms with Crippen LogP contribution in [0.3, 0.4) is 0 Å². The number of aliphatic imine (C=N–C) groups is 2. The largest absolute Gasteiger partial charge is 0.260 e. The lowest BCUT2D eigenvalue weighted by molar-refractivity contribution is 0.992. The molecule has 1 aliphatic heterocycles. The first-order valence-corrected chi connectivity index (χ1v) is 8.05. The fraction of sp³-hybridized carbons (Fsp3) is 0.143. The van der Waals surface area contributed by atoms with Gasteiger partial charge in [0.2, 0.25) is 0 Å². The Hall–Kier alpha value is -3.50. The molecule has 1 heterocycles. The maximum atomic E-state index is 8.95. The van der Waals surface area contributed by atoms with E-state index < -0.39 is 0 Å².